The molecule has 23 heavy (non-hydrogen) atoms. The maximum Gasteiger partial charge on any atom is 0.281 e. The number of nitrogens with zero attached hydrogens (tertiary/aromatic N) is 4. The second-order valence-corrected chi connectivity index (χ2v) is 8.91. The van der Waals surface area contributed by atoms with E-state index in [2.05, 4.69) is 17.0 Å². The highest BCUT2D eigenvalue weighted by atomic mass is 32.2. The number of fused-ring (bicyclic) bond motifs is 4. The summed E-state index contributed by atoms with van der Waals surface area (Å²) in [4.78, 5) is 2.36. The van der Waals surface area contributed by atoms with Gasteiger partial charge in [-0.1, -0.05) is 12.1 Å². The molecule has 0 radical (unpaired) electrons. The molecule has 4 rings (SSSR count). The minimum absolute atomic E-state index is 0.249. The molecule has 0 amide bonds. The van der Waals surface area contributed by atoms with Crippen molar-refractivity contribution in [3.8, 4) is 0 Å². The van der Waals surface area contributed by atoms with Crippen molar-refractivity contribution >= 4 is 10.2 Å². The van der Waals surface area contributed by atoms with E-state index in [-0.39, 0.29) is 6.04 Å². The first-order valence-electron chi connectivity index (χ1n) is 8.26. The molecule has 0 aromatic carbocycles. The van der Waals surface area contributed by atoms with E-state index in [1.54, 1.807) is 18.4 Å². The Balaban J connectivity index is 1.74. The quantitative estimate of drug-likeness (QED) is 0.796. The van der Waals surface area contributed by atoms with Gasteiger partial charge in [-0.05, 0) is 25.2 Å². The molecule has 2 atom stereocenters. The Hall–Kier alpha value is -0.960. The summed E-state index contributed by atoms with van der Waals surface area (Å²) < 4.78 is 33.3. The van der Waals surface area contributed by atoms with Gasteiger partial charge in [0.25, 0.3) is 10.2 Å². The summed E-state index contributed by atoms with van der Waals surface area (Å²) >= 11 is 0. The van der Waals surface area contributed by atoms with Crippen LogP contribution in [0, 0.1) is 5.92 Å². The Bertz CT molecular complexity index is 643. The average Bonchev–Trinajstić information content (AvgIpc) is 2.75. The lowest BCUT2D eigenvalue weighted by Crippen LogP contribution is -2.45. The fraction of sp³-hybridized carbons (Fsp3) is 0.800. The van der Waals surface area contributed by atoms with E-state index >= 15 is 0 Å². The van der Waals surface area contributed by atoms with Gasteiger partial charge in [0, 0.05) is 45.8 Å². The second-order valence-electron chi connectivity index (χ2n) is 6.77. The van der Waals surface area contributed by atoms with Crippen molar-refractivity contribution in [1.82, 2.24) is 18.7 Å². The zero-order valence-corrected chi connectivity index (χ0v) is 14.9. The maximum absolute atomic E-state index is 12.5. The fourth-order valence-electron chi connectivity index (χ4n) is 3.55. The first-order valence-corrected chi connectivity index (χ1v) is 9.66. The van der Waals surface area contributed by atoms with Crippen molar-refractivity contribution in [2.45, 2.75) is 38.8 Å². The van der Waals surface area contributed by atoms with Gasteiger partial charge in [-0.2, -0.15) is 17.0 Å². The summed E-state index contributed by atoms with van der Waals surface area (Å²) in [5.41, 5.74) is 0.969. The summed E-state index contributed by atoms with van der Waals surface area (Å²) in [6, 6.07) is 2.26. The van der Waals surface area contributed by atoms with Crippen LogP contribution in [0.2, 0.25) is 0 Å². The molecule has 0 N–H and O–H groups in total. The van der Waals surface area contributed by atoms with E-state index in [9.17, 15) is 8.42 Å². The summed E-state index contributed by atoms with van der Waals surface area (Å²) in [5.74, 6) is 1.26. The normalized spacial score (nSPS) is 26.8. The predicted molar refractivity (Wildman–Crippen MR) is 87.0 cm³/mol. The number of hydrogen-bond donors (Lipinski definition) is 0. The fourth-order valence-corrected chi connectivity index (χ4v) is 4.77. The molecule has 3 aliphatic heterocycles. The van der Waals surface area contributed by atoms with Crippen molar-refractivity contribution in [1.29, 1.82) is 0 Å². The van der Waals surface area contributed by atoms with E-state index in [1.165, 1.54) is 4.31 Å². The Morgan fingerprint density at radius 2 is 2.09 bits per heavy atom. The van der Waals surface area contributed by atoms with Crippen molar-refractivity contribution in [2.24, 2.45) is 5.92 Å². The highest BCUT2D eigenvalue weighted by molar-refractivity contribution is 7.86. The van der Waals surface area contributed by atoms with Crippen LogP contribution in [0.15, 0.2) is 10.6 Å². The lowest BCUT2D eigenvalue weighted by atomic mass is 9.95. The Morgan fingerprint density at radius 1 is 1.30 bits per heavy atom. The number of aromatic nitrogens is 1. The largest absolute Gasteiger partial charge is 0.360 e. The molecule has 1 aromatic rings. The number of rotatable bonds is 5. The molecule has 4 heterocycles. The second kappa shape index (κ2) is 6.51. The smallest absolute Gasteiger partial charge is 0.281 e. The Kier molecular flexibility index (Phi) is 4.78. The van der Waals surface area contributed by atoms with Crippen LogP contribution in [0.3, 0.4) is 0 Å². The predicted octanol–water partition coefficient (Wildman–Crippen LogP) is 0.940. The van der Waals surface area contributed by atoms with E-state index < -0.39 is 10.2 Å². The van der Waals surface area contributed by atoms with E-state index in [0.717, 1.165) is 37.3 Å². The van der Waals surface area contributed by atoms with Crippen LogP contribution < -0.4 is 0 Å². The average molecular weight is 342 g/mol. The van der Waals surface area contributed by atoms with Gasteiger partial charge >= 0.3 is 0 Å². The molecule has 0 spiro atoms. The lowest BCUT2D eigenvalue weighted by Gasteiger charge is -2.35. The third-order valence-electron chi connectivity index (χ3n) is 4.91. The number of aryl methyl sites for hydroxylation is 1. The molecule has 1 aromatic heterocycles. The van der Waals surface area contributed by atoms with Gasteiger partial charge in [0.1, 0.15) is 0 Å². The molecule has 3 fully saturated rings. The monoisotopic (exact) mass is 342 g/mol. The maximum atomic E-state index is 12.5. The first kappa shape index (κ1) is 16.9. The van der Waals surface area contributed by atoms with Crippen molar-refractivity contribution in [2.75, 3.05) is 33.7 Å². The van der Waals surface area contributed by atoms with Gasteiger partial charge in [0.2, 0.25) is 0 Å². The zero-order valence-electron chi connectivity index (χ0n) is 14.1. The Morgan fingerprint density at radius 3 is 2.74 bits per heavy atom. The Labute approximate surface area is 138 Å². The van der Waals surface area contributed by atoms with Crippen molar-refractivity contribution in [3.63, 3.8) is 0 Å². The van der Waals surface area contributed by atoms with Gasteiger partial charge in [0.15, 0.2) is 5.76 Å². The molecule has 3 aliphatic rings. The molecule has 130 valence electrons. The van der Waals surface area contributed by atoms with Crippen LogP contribution in [0.4, 0.5) is 0 Å². The molecule has 0 unspecified atom stereocenters. The van der Waals surface area contributed by atoms with Gasteiger partial charge in [-0.3, -0.25) is 4.90 Å². The van der Waals surface area contributed by atoms with E-state index in [0.29, 0.717) is 25.6 Å². The van der Waals surface area contributed by atoms with Crippen LogP contribution in [0.1, 0.15) is 31.2 Å². The summed E-state index contributed by atoms with van der Waals surface area (Å²) in [6.45, 7) is 4.87. The van der Waals surface area contributed by atoms with E-state index in [1.807, 2.05) is 6.07 Å². The number of piperidine rings is 1. The molecule has 2 bridgehead atoms. The lowest BCUT2D eigenvalue weighted by molar-refractivity contribution is 0.113. The van der Waals surface area contributed by atoms with Gasteiger partial charge in [-0.25, -0.2) is 0 Å². The molecular weight excluding hydrogens is 316 g/mol. The molecule has 0 saturated carbocycles. The minimum atomic E-state index is -3.34. The van der Waals surface area contributed by atoms with Gasteiger partial charge in [0.05, 0.1) is 12.2 Å². The summed E-state index contributed by atoms with van der Waals surface area (Å²) in [6.07, 6.45) is 3.00. The zero-order chi connectivity index (χ0) is 16.6. The van der Waals surface area contributed by atoms with Crippen LogP contribution in [-0.4, -0.2) is 66.9 Å². The highest BCUT2D eigenvalue weighted by Gasteiger charge is 2.39. The molecular formula is C15H26N4O3S. The topological polar surface area (TPSA) is 69.9 Å². The standard InChI is InChI=1S/C15H26N4O3S/c1-4-13-7-15(22-16-13)11-18-8-12-5-6-14(18)10-19(9-12)23(20,21)17(2)3/h7,12,14H,4-6,8-11H2,1-3H3/t12-,14-/m0/s1. The molecule has 0 aliphatic carbocycles. The third kappa shape index (κ3) is 3.45. The van der Waals surface area contributed by atoms with Gasteiger partial charge < -0.3 is 4.52 Å². The van der Waals surface area contributed by atoms with Crippen molar-refractivity contribution in [3.05, 3.63) is 17.5 Å². The highest BCUT2D eigenvalue weighted by Crippen LogP contribution is 2.30. The summed E-state index contributed by atoms with van der Waals surface area (Å²) in [7, 11) is -0.145. The first-order chi connectivity index (χ1) is 10.9. The molecule has 7 nitrogen and oxygen atoms in total. The van der Waals surface area contributed by atoms with Crippen LogP contribution >= 0.6 is 0 Å². The van der Waals surface area contributed by atoms with E-state index in [4.69, 9.17) is 4.52 Å². The number of hydrogen-bond acceptors (Lipinski definition) is 5. The van der Waals surface area contributed by atoms with Crippen LogP contribution in [0.25, 0.3) is 0 Å². The SMILES string of the molecule is CCc1cc(CN2C[C@@H]3CC[C@H]2CN(S(=O)(=O)N(C)C)C3)on1. The van der Waals surface area contributed by atoms with Crippen LogP contribution in [0.5, 0.6) is 0 Å². The minimum Gasteiger partial charge on any atom is -0.360 e. The third-order valence-corrected chi connectivity index (χ3v) is 6.78. The molecule has 3 saturated heterocycles. The molecule has 8 heteroatoms. The van der Waals surface area contributed by atoms with Crippen molar-refractivity contribution < 1.29 is 12.9 Å². The van der Waals surface area contributed by atoms with Crippen LogP contribution in [-0.2, 0) is 23.2 Å². The van der Waals surface area contributed by atoms with Gasteiger partial charge in [-0.15, -0.1) is 0 Å². The summed E-state index contributed by atoms with van der Waals surface area (Å²) in [5, 5.41) is 4.05.